The van der Waals surface area contributed by atoms with Gasteiger partial charge in [0.2, 0.25) is 0 Å². The summed E-state index contributed by atoms with van der Waals surface area (Å²) in [6.07, 6.45) is 1.92. The molecule has 0 aromatic heterocycles. The fourth-order valence-electron chi connectivity index (χ4n) is 1.45. The van der Waals surface area contributed by atoms with Gasteiger partial charge in [-0.3, -0.25) is 0 Å². The summed E-state index contributed by atoms with van der Waals surface area (Å²) in [4.78, 5) is 0. The van der Waals surface area contributed by atoms with Gasteiger partial charge in [-0.2, -0.15) is 0 Å². The van der Waals surface area contributed by atoms with Crippen molar-refractivity contribution in [1.29, 1.82) is 0 Å². The smallest absolute Gasteiger partial charge is 1.00 e. The van der Waals surface area contributed by atoms with Gasteiger partial charge in [0.15, 0.2) is 0 Å². The summed E-state index contributed by atoms with van der Waals surface area (Å²) in [6, 6.07) is 10.6. The maximum atomic E-state index is 10.2. The van der Waals surface area contributed by atoms with Crippen LogP contribution in [0.1, 0.15) is 18.4 Å². The molecule has 1 aromatic rings. The van der Waals surface area contributed by atoms with E-state index in [-0.39, 0.29) is 58.0 Å². The van der Waals surface area contributed by atoms with Crippen molar-refractivity contribution in [2.75, 3.05) is 6.61 Å². The second kappa shape index (κ2) is 14.1. The van der Waals surface area contributed by atoms with E-state index in [1.54, 1.807) is 0 Å². The zero-order chi connectivity index (χ0) is 14.7. The molecule has 0 spiro atoms. The van der Waals surface area contributed by atoms with Gasteiger partial charge in [-0.05, 0) is 0 Å². The summed E-state index contributed by atoms with van der Waals surface area (Å²) in [7, 11) is -4.50. The van der Waals surface area contributed by atoms with E-state index in [1.165, 1.54) is 27.9 Å². The third kappa shape index (κ3) is 15.1. The molecule has 0 unspecified atom stereocenters. The van der Waals surface area contributed by atoms with E-state index in [4.69, 9.17) is 0 Å². The van der Waals surface area contributed by atoms with Crippen LogP contribution in [0.25, 0.3) is 0 Å². The molecule has 1 rings (SSSR count). The van der Waals surface area contributed by atoms with Gasteiger partial charge >= 0.3 is 185 Å². The van der Waals surface area contributed by atoms with E-state index in [2.05, 4.69) is 28.4 Å². The molecular formula is C13H19KO4SSe2. The Hall–Kier alpha value is 1.77. The van der Waals surface area contributed by atoms with Crippen molar-refractivity contribution in [1.82, 2.24) is 0 Å². The Morgan fingerprint density at radius 1 is 1.00 bits per heavy atom. The number of benzene rings is 1. The summed E-state index contributed by atoms with van der Waals surface area (Å²) in [5.74, 6) is 0. The molecule has 21 heavy (non-hydrogen) atoms. The van der Waals surface area contributed by atoms with Crippen molar-refractivity contribution in [3.8, 4) is 0 Å². The quantitative estimate of drug-likeness (QED) is 0.183. The summed E-state index contributed by atoms with van der Waals surface area (Å²) in [5.41, 5.74) is 1.42. The maximum Gasteiger partial charge on any atom is 1.00 e. The SMILES string of the molecule is O=S(=O)([O-])OCCC[Se]CCC[Se]Cc1ccccc1.[K+]. The van der Waals surface area contributed by atoms with Gasteiger partial charge in [-0.15, -0.1) is 0 Å². The predicted octanol–water partition coefficient (Wildman–Crippen LogP) is -0.889. The van der Waals surface area contributed by atoms with Crippen LogP contribution >= 0.6 is 0 Å². The van der Waals surface area contributed by atoms with Crippen LogP contribution in [0.5, 0.6) is 0 Å². The van der Waals surface area contributed by atoms with E-state index in [1.807, 2.05) is 6.07 Å². The van der Waals surface area contributed by atoms with Gasteiger partial charge in [0.25, 0.3) is 0 Å². The summed E-state index contributed by atoms with van der Waals surface area (Å²) >= 11 is 1.22. The van der Waals surface area contributed by atoms with E-state index in [0.717, 1.165) is 5.32 Å². The summed E-state index contributed by atoms with van der Waals surface area (Å²) < 4.78 is 34.7. The molecule has 4 nitrogen and oxygen atoms in total. The topological polar surface area (TPSA) is 66.4 Å². The first-order valence-corrected chi connectivity index (χ1v) is 12.6. The maximum absolute atomic E-state index is 10.2. The van der Waals surface area contributed by atoms with Crippen LogP contribution in [0.2, 0.25) is 16.0 Å². The molecule has 0 N–H and O–H groups in total. The largest absolute Gasteiger partial charge is 1.00 e. The molecule has 0 aliphatic heterocycles. The molecule has 0 saturated carbocycles. The van der Waals surface area contributed by atoms with Crippen LogP contribution in [0.3, 0.4) is 0 Å². The second-order valence-electron chi connectivity index (χ2n) is 4.09. The third-order valence-corrected chi connectivity index (χ3v) is 7.57. The monoisotopic (exact) mass is 470 g/mol. The minimum atomic E-state index is -4.50. The van der Waals surface area contributed by atoms with E-state index in [0.29, 0.717) is 36.3 Å². The van der Waals surface area contributed by atoms with Crippen molar-refractivity contribution in [3.63, 3.8) is 0 Å². The molecule has 8 heteroatoms. The molecule has 0 radical (unpaired) electrons. The first kappa shape index (κ1) is 22.8. The zero-order valence-electron chi connectivity index (χ0n) is 12.2. The van der Waals surface area contributed by atoms with Gasteiger partial charge < -0.3 is 0 Å². The van der Waals surface area contributed by atoms with Gasteiger partial charge in [0, 0.05) is 0 Å². The van der Waals surface area contributed by atoms with E-state index < -0.39 is 10.4 Å². The normalized spacial score (nSPS) is 11.1. The van der Waals surface area contributed by atoms with Crippen LogP contribution < -0.4 is 51.4 Å². The average Bonchev–Trinajstić information content (AvgIpc) is 2.41. The Labute approximate surface area is 182 Å². The number of hydrogen-bond donors (Lipinski definition) is 0. The van der Waals surface area contributed by atoms with Crippen molar-refractivity contribution < 1.29 is 68.5 Å². The standard InChI is InChI=1S/C13H20O4SSe2.K/c14-18(15,16)17-8-4-9-19-10-5-11-20-12-13-6-2-1-3-7-13;/h1-3,6-7H,4-5,8-12H2,(H,14,15,16);/q;+1/p-1. The van der Waals surface area contributed by atoms with E-state index in [9.17, 15) is 13.0 Å². The Morgan fingerprint density at radius 2 is 1.62 bits per heavy atom. The molecule has 0 atom stereocenters. The Bertz CT molecular complexity index is 456. The molecule has 0 fully saturated rings. The Kier molecular flexibility index (Phi) is 15.3. The molecule has 0 heterocycles. The Morgan fingerprint density at radius 3 is 2.29 bits per heavy atom. The molecule has 0 saturated heterocycles. The third-order valence-electron chi connectivity index (χ3n) is 2.35. The van der Waals surface area contributed by atoms with Crippen molar-refractivity contribution >= 4 is 40.3 Å². The van der Waals surface area contributed by atoms with Gasteiger partial charge in [0.1, 0.15) is 0 Å². The molecule has 114 valence electrons. The van der Waals surface area contributed by atoms with Gasteiger partial charge in [-0.25, -0.2) is 0 Å². The van der Waals surface area contributed by atoms with Gasteiger partial charge in [-0.1, -0.05) is 0 Å². The number of rotatable bonds is 11. The molecule has 0 bridgehead atoms. The molecule has 0 aliphatic rings. The molecule has 0 amide bonds. The fourth-order valence-corrected chi connectivity index (χ4v) is 6.47. The van der Waals surface area contributed by atoms with Crippen molar-refractivity contribution in [3.05, 3.63) is 35.9 Å². The summed E-state index contributed by atoms with van der Waals surface area (Å²) in [6.45, 7) is 0.0333. The Balaban J connectivity index is 0.00000400. The first-order valence-electron chi connectivity index (χ1n) is 6.37. The van der Waals surface area contributed by atoms with E-state index >= 15 is 0 Å². The minimum absolute atomic E-state index is 0. The number of hydrogen-bond acceptors (Lipinski definition) is 4. The van der Waals surface area contributed by atoms with Crippen molar-refractivity contribution in [2.45, 2.75) is 34.1 Å². The second-order valence-corrected chi connectivity index (χ2v) is 10.0. The molecular weight excluding hydrogens is 449 g/mol. The molecule has 0 aliphatic carbocycles. The van der Waals surface area contributed by atoms with Crippen LogP contribution in [0.15, 0.2) is 30.3 Å². The zero-order valence-corrected chi connectivity index (χ0v) is 19.6. The van der Waals surface area contributed by atoms with Crippen LogP contribution in [-0.2, 0) is 19.9 Å². The fraction of sp³-hybridized carbons (Fsp3) is 0.538. The predicted molar refractivity (Wildman–Crippen MR) is 81.0 cm³/mol. The van der Waals surface area contributed by atoms with Gasteiger partial charge in [0.05, 0.1) is 0 Å². The average molecular weight is 468 g/mol. The first-order chi connectivity index (χ1) is 9.58. The minimum Gasteiger partial charge on any atom is 1.00 e. The summed E-state index contributed by atoms with van der Waals surface area (Å²) in [5, 5.41) is 4.72. The van der Waals surface area contributed by atoms with Crippen LogP contribution in [0, 0.1) is 0 Å². The molecule has 1 aromatic carbocycles. The van der Waals surface area contributed by atoms with Crippen LogP contribution in [-0.4, -0.2) is 49.5 Å². The van der Waals surface area contributed by atoms with Crippen LogP contribution in [0.4, 0.5) is 0 Å². The van der Waals surface area contributed by atoms with Crippen molar-refractivity contribution in [2.24, 2.45) is 0 Å².